The number of rotatable bonds is 7. The number of hydrazone groups is 1. The number of carbonyl (C=O) groups is 2. The number of likely N-dealkylation sites (N-methyl/N-ethyl adjacent to an activating group) is 2. The predicted octanol–water partition coefficient (Wildman–Crippen LogP) is 1.71. The number of carbonyl (C=O) groups excluding carboxylic acids is 2. The fourth-order valence-electron chi connectivity index (χ4n) is 3.67. The molecule has 1 fully saturated rings. The van der Waals surface area contributed by atoms with Crippen molar-refractivity contribution in [2.75, 3.05) is 27.2 Å². The second-order valence-corrected chi connectivity index (χ2v) is 7.27. The fourth-order valence-corrected chi connectivity index (χ4v) is 3.67. The average Bonchev–Trinajstić information content (AvgIpc) is 3.00. The Kier molecular flexibility index (Phi) is 5.38. The first-order valence-corrected chi connectivity index (χ1v) is 9.54. The summed E-state index contributed by atoms with van der Waals surface area (Å²) in [5.74, 6) is 0.967. The van der Waals surface area contributed by atoms with E-state index in [9.17, 15) is 9.59 Å². The van der Waals surface area contributed by atoms with Crippen molar-refractivity contribution in [2.24, 2.45) is 10.1 Å². The van der Waals surface area contributed by atoms with Gasteiger partial charge in [0.2, 0.25) is 11.9 Å². The van der Waals surface area contributed by atoms with Gasteiger partial charge in [0.15, 0.2) is 0 Å². The summed E-state index contributed by atoms with van der Waals surface area (Å²) in [6.07, 6.45) is 7.25. The van der Waals surface area contributed by atoms with E-state index in [-0.39, 0.29) is 11.9 Å². The van der Waals surface area contributed by atoms with Gasteiger partial charge < -0.3 is 0 Å². The van der Waals surface area contributed by atoms with E-state index in [1.54, 1.807) is 7.05 Å². The minimum Gasteiger partial charge on any atom is -0.270 e. The lowest BCUT2D eigenvalue weighted by atomic mass is 10.1. The molecule has 0 saturated carbocycles. The van der Waals surface area contributed by atoms with Crippen molar-refractivity contribution < 1.29 is 14.2 Å². The molecule has 1 atom stereocenters. The number of urea groups is 1. The number of imide groups is 1. The van der Waals surface area contributed by atoms with Crippen molar-refractivity contribution in [3.05, 3.63) is 0 Å². The van der Waals surface area contributed by atoms with Crippen LogP contribution in [0.3, 0.4) is 0 Å². The van der Waals surface area contributed by atoms with Crippen molar-refractivity contribution in [1.82, 2.24) is 14.8 Å². The van der Waals surface area contributed by atoms with Crippen LogP contribution in [0.2, 0.25) is 0 Å². The lowest BCUT2D eigenvalue weighted by Crippen LogP contribution is -2.62. The van der Waals surface area contributed by atoms with E-state index in [2.05, 4.69) is 17.0 Å². The van der Waals surface area contributed by atoms with Crippen LogP contribution in [0.15, 0.2) is 10.1 Å². The molecular formula is C18H29N6O2+. The number of hydrogen-bond acceptors (Lipinski definition) is 5. The largest absolute Gasteiger partial charge is 0.416 e. The van der Waals surface area contributed by atoms with Crippen LogP contribution in [0, 0.1) is 0 Å². The van der Waals surface area contributed by atoms with Gasteiger partial charge in [-0.25, -0.2) is 9.37 Å². The molecule has 8 nitrogen and oxygen atoms in total. The molecular weight excluding hydrogens is 332 g/mol. The number of hydrogen-bond donors (Lipinski definition) is 0. The van der Waals surface area contributed by atoms with Crippen LogP contribution in [-0.2, 0) is 4.79 Å². The van der Waals surface area contributed by atoms with Gasteiger partial charge in [-0.2, -0.15) is 0 Å². The summed E-state index contributed by atoms with van der Waals surface area (Å²) in [6, 6.07) is -0.874. The molecule has 1 saturated heterocycles. The molecule has 8 heteroatoms. The molecule has 3 rings (SSSR count). The summed E-state index contributed by atoms with van der Waals surface area (Å²) in [5, 5.41) is 6.54. The lowest BCUT2D eigenvalue weighted by molar-refractivity contribution is -0.527. The summed E-state index contributed by atoms with van der Waals surface area (Å²) < 4.78 is 1.97. The SMILES string of the molecule is CCCCCCCCN1N=C(C)C[N+]2=C1N=C1C2C(=O)N(C)C(=O)N1C. The second kappa shape index (κ2) is 7.55. The summed E-state index contributed by atoms with van der Waals surface area (Å²) in [6.45, 7) is 5.52. The molecule has 0 aromatic rings. The number of fused-ring (bicyclic) bond motifs is 2. The third-order valence-electron chi connectivity index (χ3n) is 5.15. The first-order valence-electron chi connectivity index (χ1n) is 9.54. The van der Waals surface area contributed by atoms with E-state index >= 15 is 0 Å². The minimum atomic E-state index is -0.532. The molecule has 3 amide bonds. The van der Waals surface area contributed by atoms with Crippen molar-refractivity contribution >= 4 is 29.4 Å². The highest BCUT2D eigenvalue weighted by atomic mass is 16.2. The Hall–Kier alpha value is -2.25. The molecule has 1 unspecified atom stereocenters. The first-order chi connectivity index (χ1) is 12.5. The average molecular weight is 361 g/mol. The zero-order chi connectivity index (χ0) is 18.8. The summed E-state index contributed by atoms with van der Waals surface area (Å²) >= 11 is 0. The van der Waals surface area contributed by atoms with Crippen LogP contribution in [0.4, 0.5) is 4.79 Å². The topological polar surface area (TPSA) is 71.6 Å². The van der Waals surface area contributed by atoms with Crippen LogP contribution in [0.1, 0.15) is 52.4 Å². The quantitative estimate of drug-likeness (QED) is 0.512. The van der Waals surface area contributed by atoms with E-state index in [1.165, 1.54) is 49.0 Å². The Morgan fingerprint density at radius 1 is 1.08 bits per heavy atom. The molecule has 142 valence electrons. The van der Waals surface area contributed by atoms with Gasteiger partial charge in [0.25, 0.3) is 5.91 Å². The number of guanidine groups is 1. The number of amides is 3. The maximum Gasteiger partial charge on any atom is 0.416 e. The van der Waals surface area contributed by atoms with Crippen LogP contribution < -0.4 is 0 Å². The van der Waals surface area contributed by atoms with Gasteiger partial charge in [-0.3, -0.25) is 14.6 Å². The van der Waals surface area contributed by atoms with Crippen LogP contribution in [-0.4, -0.2) is 82.1 Å². The second-order valence-electron chi connectivity index (χ2n) is 7.27. The van der Waals surface area contributed by atoms with Gasteiger partial charge in [-0.05, 0) is 13.3 Å². The van der Waals surface area contributed by atoms with E-state index in [0.717, 1.165) is 18.7 Å². The third kappa shape index (κ3) is 3.24. The highest BCUT2D eigenvalue weighted by Crippen LogP contribution is 2.22. The van der Waals surface area contributed by atoms with Crippen molar-refractivity contribution in [1.29, 1.82) is 0 Å². The standard InChI is InChI=1S/C18H29N6O2/c1-5-6-7-8-9-10-11-24-17-19-15-14(23(17)12-13(2)20-24)16(25)22(4)18(26)21(15)3/h14H,5-12H2,1-4H3/q+1. The normalized spacial score (nSPS) is 22.6. The Balaban J connectivity index is 1.74. The number of amidine groups is 1. The van der Waals surface area contributed by atoms with Gasteiger partial charge in [0.05, 0.1) is 12.3 Å². The van der Waals surface area contributed by atoms with E-state index in [1.807, 2.05) is 16.5 Å². The van der Waals surface area contributed by atoms with Gasteiger partial charge in [0, 0.05) is 14.1 Å². The van der Waals surface area contributed by atoms with E-state index < -0.39 is 6.04 Å². The number of nitrogens with zero attached hydrogens (tertiary/aromatic N) is 6. The maximum absolute atomic E-state index is 12.7. The molecule has 0 radical (unpaired) electrons. The van der Waals surface area contributed by atoms with E-state index in [0.29, 0.717) is 18.3 Å². The van der Waals surface area contributed by atoms with Gasteiger partial charge in [-0.1, -0.05) is 44.0 Å². The van der Waals surface area contributed by atoms with Gasteiger partial charge in [0.1, 0.15) is 6.54 Å². The molecule has 3 aliphatic heterocycles. The highest BCUT2D eigenvalue weighted by molar-refractivity contribution is 6.23. The molecule has 0 bridgehead atoms. The zero-order valence-electron chi connectivity index (χ0n) is 16.2. The first kappa shape index (κ1) is 18.5. The molecule has 0 N–H and O–H groups in total. The Morgan fingerprint density at radius 3 is 2.50 bits per heavy atom. The molecule has 0 aromatic carbocycles. The van der Waals surface area contributed by atoms with Gasteiger partial charge in [-0.15, -0.1) is 10.1 Å². The molecule has 3 aliphatic rings. The number of unbranched alkanes of at least 4 members (excludes halogenated alkanes) is 5. The molecule has 0 aliphatic carbocycles. The maximum atomic E-state index is 12.7. The van der Waals surface area contributed by atoms with Crippen LogP contribution >= 0.6 is 0 Å². The molecule has 26 heavy (non-hydrogen) atoms. The van der Waals surface area contributed by atoms with Crippen LogP contribution in [0.25, 0.3) is 0 Å². The molecule has 0 spiro atoms. The Bertz CT molecular complexity index is 696. The van der Waals surface area contributed by atoms with Crippen molar-refractivity contribution in [3.8, 4) is 0 Å². The lowest BCUT2D eigenvalue weighted by Gasteiger charge is -2.32. The van der Waals surface area contributed by atoms with Crippen molar-refractivity contribution in [2.45, 2.75) is 58.4 Å². The third-order valence-corrected chi connectivity index (χ3v) is 5.15. The van der Waals surface area contributed by atoms with Crippen LogP contribution in [0.5, 0.6) is 0 Å². The Labute approximate surface area is 154 Å². The summed E-state index contributed by atoms with van der Waals surface area (Å²) in [5.41, 5.74) is 0.950. The monoisotopic (exact) mass is 361 g/mol. The Morgan fingerprint density at radius 2 is 1.77 bits per heavy atom. The number of aliphatic imine (C=N–C) groups is 1. The smallest absolute Gasteiger partial charge is 0.270 e. The molecule has 3 heterocycles. The summed E-state index contributed by atoms with van der Waals surface area (Å²) in [7, 11) is 3.19. The molecule has 0 aromatic heterocycles. The van der Waals surface area contributed by atoms with Gasteiger partial charge >= 0.3 is 12.0 Å². The minimum absolute atomic E-state index is 0.226. The predicted molar refractivity (Wildman–Crippen MR) is 100 cm³/mol. The summed E-state index contributed by atoms with van der Waals surface area (Å²) in [4.78, 5) is 32.2. The van der Waals surface area contributed by atoms with Crippen molar-refractivity contribution in [3.63, 3.8) is 0 Å². The fraction of sp³-hybridized carbons (Fsp3) is 0.722. The zero-order valence-corrected chi connectivity index (χ0v) is 16.2. The van der Waals surface area contributed by atoms with E-state index in [4.69, 9.17) is 0 Å². The highest BCUT2D eigenvalue weighted by Gasteiger charge is 2.53.